The van der Waals surface area contributed by atoms with Crippen molar-refractivity contribution in [2.24, 2.45) is 0 Å². The Morgan fingerprint density at radius 1 is 1.28 bits per heavy atom. The Morgan fingerprint density at radius 2 is 2.12 bits per heavy atom. The molecule has 0 unspecified atom stereocenters. The van der Waals surface area contributed by atoms with Gasteiger partial charge in [-0.2, -0.15) is 0 Å². The summed E-state index contributed by atoms with van der Waals surface area (Å²) >= 11 is 0. The van der Waals surface area contributed by atoms with Crippen molar-refractivity contribution < 1.29 is 32.2 Å². The fourth-order valence-electron chi connectivity index (χ4n) is 3.69. The molecule has 0 saturated carbocycles. The maximum Gasteiger partial charge on any atom is 0.573 e. The molecule has 2 heterocycles. The first-order valence-electron chi connectivity index (χ1n) is 10.6. The van der Waals surface area contributed by atoms with Crippen molar-refractivity contribution in [3.8, 4) is 5.75 Å². The van der Waals surface area contributed by atoms with Crippen LogP contribution in [0.2, 0.25) is 0 Å². The first kappa shape index (κ1) is 23.8. The monoisotopic (exact) mass is 452 g/mol. The molecule has 1 aliphatic heterocycles. The standard InChI is InChI=1S/C23H27F3N2O4/c1-2-30-22(29)9-7-19-13-17(10-11-31-19)18-6-8-21(28-15-18)27-14-16-4-3-5-20(12-16)32-23(24,25)26/h3-6,8,12,15,17,19H,2,7,9-11,13-14H2,1H3,(H,27,28)/t17-,19-/m0/s1. The summed E-state index contributed by atoms with van der Waals surface area (Å²) in [5, 5.41) is 3.11. The highest BCUT2D eigenvalue weighted by molar-refractivity contribution is 5.69. The molecule has 1 N–H and O–H groups in total. The maximum absolute atomic E-state index is 12.4. The summed E-state index contributed by atoms with van der Waals surface area (Å²) in [4.78, 5) is 16.0. The zero-order valence-electron chi connectivity index (χ0n) is 17.9. The van der Waals surface area contributed by atoms with Gasteiger partial charge in [-0.05, 0) is 61.4 Å². The molecule has 1 fully saturated rings. The average Bonchev–Trinajstić information content (AvgIpc) is 2.76. The van der Waals surface area contributed by atoms with Gasteiger partial charge in [-0.15, -0.1) is 13.2 Å². The van der Waals surface area contributed by atoms with E-state index in [9.17, 15) is 18.0 Å². The number of alkyl halides is 3. The van der Waals surface area contributed by atoms with E-state index in [1.807, 2.05) is 18.3 Å². The second-order valence-electron chi connectivity index (χ2n) is 7.58. The van der Waals surface area contributed by atoms with Crippen LogP contribution >= 0.6 is 0 Å². The van der Waals surface area contributed by atoms with Gasteiger partial charge in [0.2, 0.25) is 0 Å². The van der Waals surface area contributed by atoms with Crippen molar-refractivity contribution in [2.45, 2.75) is 57.5 Å². The number of anilines is 1. The lowest BCUT2D eigenvalue weighted by Crippen LogP contribution is -2.25. The topological polar surface area (TPSA) is 69.7 Å². The zero-order chi connectivity index (χ0) is 23.0. The van der Waals surface area contributed by atoms with Crippen LogP contribution in [0.5, 0.6) is 5.75 Å². The summed E-state index contributed by atoms with van der Waals surface area (Å²) in [6.07, 6.45) is -0.200. The number of benzene rings is 1. The van der Waals surface area contributed by atoms with Gasteiger partial charge in [0.05, 0.1) is 12.7 Å². The van der Waals surface area contributed by atoms with Crippen LogP contribution in [-0.4, -0.2) is 36.6 Å². The highest BCUT2D eigenvalue weighted by Gasteiger charge is 2.31. The number of rotatable bonds is 9. The number of nitrogens with one attached hydrogen (secondary N) is 1. The lowest BCUT2D eigenvalue weighted by Gasteiger charge is -2.29. The van der Waals surface area contributed by atoms with Crippen molar-refractivity contribution in [2.75, 3.05) is 18.5 Å². The molecule has 1 aliphatic rings. The molecular formula is C23H27F3N2O4. The second-order valence-corrected chi connectivity index (χ2v) is 7.58. The number of ether oxygens (including phenoxy) is 3. The van der Waals surface area contributed by atoms with Crippen LogP contribution in [0, 0.1) is 0 Å². The Bertz CT molecular complexity index is 874. The molecule has 0 spiro atoms. The molecule has 174 valence electrons. The van der Waals surface area contributed by atoms with E-state index in [0.717, 1.165) is 18.4 Å². The van der Waals surface area contributed by atoms with Crippen LogP contribution in [0.4, 0.5) is 19.0 Å². The largest absolute Gasteiger partial charge is 0.573 e. The Hall–Kier alpha value is -2.81. The summed E-state index contributed by atoms with van der Waals surface area (Å²) in [6, 6.07) is 9.68. The van der Waals surface area contributed by atoms with Crippen molar-refractivity contribution in [1.29, 1.82) is 0 Å². The zero-order valence-corrected chi connectivity index (χ0v) is 17.9. The van der Waals surface area contributed by atoms with Gasteiger partial charge in [0.25, 0.3) is 0 Å². The predicted octanol–water partition coefficient (Wildman–Crippen LogP) is 5.20. The summed E-state index contributed by atoms with van der Waals surface area (Å²) in [6.45, 7) is 3.12. The summed E-state index contributed by atoms with van der Waals surface area (Å²) < 4.78 is 51.8. The van der Waals surface area contributed by atoms with Crippen molar-refractivity contribution in [1.82, 2.24) is 4.98 Å². The Balaban J connectivity index is 1.50. The van der Waals surface area contributed by atoms with Gasteiger partial charge in [0.15, 0.2) is 0 Å². The van der Waals surface area contributed by atoms with Gasteiger partial charge < -0.3 is 19.5 Å². The van der Waals surface area contributed by atoms with Crippen LogP contribution < -0.4 is 10.1 Å². The SMILES string of the molecule is CCOC(=O)CC[C@H]1C[C@@H](c2ccc(NCc3cccc(OC(F)(F)F)c3)nc2)CCO1. The minimum absolute atomic E-state index is 0.0159. The highest BCUT2D eigenvalue weighted by atomic mass is 19.4. The minimum atomic E-state index is -4.72. The molecule has 6 nitrogen and oxygen atoms in total. The molecule has 3 rings (SSSR count). The van der Waals surface area contributed by atoms with Gasteiger partial charge in [-0.1, -0.05) is 18.2 Å². The van der Waals surface area contributed by atoms with E-state index >= 15 is 0 Å². The van der Waals surface area contributed by atoms with Crippen LogP contribution in [0.15, 0.2) is 42.6 Å². The fourth-order valence-corrected chi connectivity index (χ4v) is 3.69. The van der Waals surface area contributed by atoms with E-state index in [-0.39, 0.29) is 17.8 Å². The Morgan fingerprint density at radius 3 is 2.84 bits per heavy atom. The number of pyridine rings is 1. The van der Waals surface area contributed by atoms with Crippen LogP contribution in [-0.2, 0) is 20.8 Å². The molecule has 0 bridgehead atoms. The molecule has 1 saturated heterocycles. The first-order valence-corrected chi connectivity index (χ1v) is 10.6. The minimum Gasteiger partial charge on any atom is -0.466 e. The summed E-state index contributed by atoms with van der Waals surface area (Å²) in [7, 11) is 0. The number of nitrogens with zero attached hydrogens (tertiary/aromatic N) is 1. The normalized spacial score (nSPS) is 18.8. The number of carbonyl (C=O) groups is 1. The predicted molar refractivity (Wildman–Crippen MR) is 112 cm³/mol. The molecule has 0 amide bonds. The molecular weight excluding hydrogens is 425 g/mol. The van der Waals surface area contributed by atoms with E-state index in [1.54, 1.807) is 13.0 Å². The molecule has 0 aliphatic carbocycles. The number of carbonyl (C=O) groups excluding carboxylic acids is 1. The second kappa shape index (κ2) is 11.2. The molecule has 1 aromatic heterocycles. The van der Waals surface area contributed by atoms with Gasteiger partial charge in [-0.25, -0.2) is 4.98 Å². The molecule has 32 heavy (non-hydrogen) atoms. The van der Waals surface area contributed by atoms with E-state index < -0.39 is 6.36 Å². The fraction of sp³-hybridized carbons (Fsp3) is 0.478. The smallest absolute Gasteiger partial charge is 0.466 e. The Kier molecular flexibility index (Phi) is 8.33. The third-order valence-corrected chi connectivity index (χ3v) is 5.21. The molecule has 0 radical (unpaired) electrons. The van der Waals surface area contributed by atoms with Gasteiger partial charge in [-0.3, -0.25) is 4.79 Å². The van der Waals surface area contributed by atoms with E-state index in [2.05, 4.69) is 15.0 Å². The summed E-state index contributed by atoms with van der Waals surface area (Å²) in [5.41, 5.74) is 1.74. The molecule has 1 aromatic carbocycles. The van der Waals surface area contributed by atoms with E-state index in [0.29, 0.717) is 49.9 Å². The lowest BCUT2D eigenvalue weighted by atomic mass is 9.88. The van der Waals surface area contributed by atoms with E-state index in [1.165, 1.54) is 18.2 Å². The quantitative estimate of drug-likeness (QED) is 0.528. The van der Waals surface area contributed by atoms with Gasteiger partial charge in [0.1, 0.15) is 11.6 Å². The highest BCUT2D eigenvalue weighted by Crippen LogP contribution is 2.32. The van der Waals surface area contributed by atoms with E-state index in [4.69, 9.17) is 9.47 Å². The number of aromatic nitrogens is 1. The van der Waals surface area contributed by atoms with Gasteiger partial charge >= 0.3 is 12.3 Å². The maximum atomic E-state index is 12.4. The summed E-state index contributed by atoms with van der Waals surface area (Å²) in [5.74, 6) is 0.471. The average molecular weight is 452 g/mol. The molecule has 2 aromatic rings. The van der Waals surface area contributed by atoms with Crippen molar-refractivity contribution in [3.05, 3.63) is 53.7 Å². The molecule has 9 heteroatoms. The van der Waals surface area contributed by atoms with Gasteiger partial charge in [0, 0.05) is 25.8 Å². The number of halogens is 3. The van der Waals surface area contributed by atoms with Crippen LogP contribution in [0.3, 0.4) is 0 Å². The van der Waals surface area contributed by atoms with Crippen molar-refractivity contribution in [3.63, 3.8) is 0 Å². The number of esters is 1. The lowest BCUT2D eigenvalue weighted by molar-refractivity contribution is -0.274. The number of hydrogen-bond donors (Lipinski definition) is 1. The Labute approximate surface area is 185 Å². The van der Waals surface area contributed by atoms with Crippen LogP contribution in [0.1, 0.15) is 49.7 Å². The van der Waals surface area contributed by atoms with Crippen molar-refractivity contribution >= 4 is 11.8 Å². The number of hydrogen-bond acceptors (Lipinski definition) is 6. The third kappa shape index (κ3) is 7.71. The first-order chi connectivity index (χ1) is 15.3. The molecule has 2 atom stereocenters. The van der Waals surface area contributed by atoms with Crippen LogP contribution in [0.25, 0.3) is 0 Å². The third-order valence-electron chi connectivity index (χ3n) is 5.21.